The van der Waals surface area contributed by atoms with Gasteiger partial charge in [0, 0.05) is 19.1 Å². The number of sulfonamides is 1. The Morgan fingerprint density at radius 3 is 2.38 bits per heavy atom. The molecule has 1 aromatic carbocycles. The van der Waals surface area contributed by atoms with Crippen LogP contribution >= 0.6 is 23.2 Å². The molecule has 1 aromatic rings. The van der Waals surface area contributed by atoms with Crippen molar-refractivity contribution in [2.75, 3.05) is 13.1 Å². The highest BCUT2D eigenvalue weighted by Gasteiger charge is 2.34. The zero-order valence-corrected chi connectivity index (χ0v) is 10.6. The van der Waals surface area contributed by atoms with Crippen molar-refractivity contribution < 1.29 is 8.42 Å². The van der Waals surface area contributed by atoms with E-state index in [1.54, 1.807) is 0 Å². The molecule has 0 spiro atoms. The van der Waals surface area contributed by atoms with Gasteiger partial charge in [0.1, 0.15) is 0 Å². The monoisotopic (exact) mass is 280 g/mol. The first-order valence-corrected chi connectivity index (χ1v) is 6.81. The molecule has 0 aliphatic carbocycles. The lowest BCUT2D eigenvalue weighted by molar-refractivity contribution is 0.265. The maximum Gasteiger partial charge on any atom is 0.243 e. The lowest BCUT2D eigenvalue weighted by Gasteiger charge is -2.35. The summed E-state index contributed by atoms with van der Waals surface area (Å²) in [6.07, 6.45) is 0. The minimum absolute atomic E-state index is 0.0717. The topological polar surface area (TPSA) is 63.4 Å². The molecule has 88 valence electrons. The number of hydrogen-bond donors (Lipinski definition) is 1. The highest BCUT2D eigenvalue weighted by atomic mass is 35.5. The molecule has 4 nitrogen and oxygen atoms in total. The third-order valence-corrected chi connectivity index (χ3v) is 4.97. The standard InChI is InChI=1S/C9H10Cl2N2O2S/c10-8-2-1-7(3-9(8)11)16(14,15)13-4-6(12)5-13/h1-3,6H,4-5,12H2. The van der Waals surface area contributed by atoms with Gasteiger partial charge < -0.3 is 5.73 Å². The SMILES string of the molecule is NC1CN(S(=O)(=O)c2ccc(Cl)c(Cl)c2)C1. The highest BCUT2D eigenvalue weighted by Crippen LogP contribution is 2.27. The Hall–Kier alpha value is -0.330. The molecule has 0 atom stereocenters. The van der Waals surface area contributed by atoms with Crippen LogP contribution in [-0.4, -0.2) is 31.9 Å². The summed E-state index contributed by atoms with van der Waals surface area (Å²) < 4.78 is 25.3. The summed E-state index contributed by atoms with van der Waals surface area (Å²) in [7, 11) is -3.46. The van der Waals surface area contributed by atoms with Crippen molar-refractivity contribution in [1.29, 1.82) is 0 Å². The van der Waals surface area contributed by atoms with Gasteiger partial charge >= 0.3 is 0 Å². The first kappa shape index (κ1) is 12.1. The molecule has 0 bridgehead atoms. The van der Waals surface area contributed by atoms with E-state index in [4.69, 9.17) is 28.9 Å². The molecule has 0 amide bonds. The Morgan fingerprint density at radius 2 is 1.88 bits per heavy atom. The van der Waals surface area contributed by atoms with Gasteiger partial charge in [-0.2, -0.15) is 4.31 Å². The molecular weight excluding hydrogens is 271 g/mol. The van der Waals surface area contributed by atoms with Crippen molar-refractivity contribution in [2.45, 2.75) is 10.9 Å². The van der Waals surface area contributed by atoms with Crippen molar-refractivity contribution in [1.82, 2.24) is 4.31 Å². The van der Waals surface area contributed by atoms with Crippen molar-refractivity contribution in [3.8, 4) is 0 Å². The minimum Gasteiger partial charge on any atom is -0.325 e. The Labute approximate surface area is 104 Å². The first-order chi connectivity index (χ1) is 7.41. The second-order valence-electron chi connectivity index (χ2n) is 3.66. The van der Waals surface area contributed by atoms with E-state index in [1.807, 2.05) is 0 Å². The molecule has 1 heterocycles. The Bertz CT molecular complexity index is 512. The minimum atomic E-state index is -3.46. The summed E-state index contributed by atoms with van der Waals surface area (Å²) in [4.78, 5) is 0.147. The van der Waals surface area contributed by atoms with E-state index < -0.39 is 10.0 Å². The summed E-state index contributed by atoms with van der Waals surface area (Å²) in [5, 5.41) is 0.563. The quantitative estimate of drug-likeness (QED) is 0.889. The fraction of sp³-hybridized carbons (Fsp3) is 0.333. The normalized spacial score (nSPS) is 18.4. The predicted octanol–water partition coefficient (Wildman–Crippen LogP) is 1.33. The van der Waals surface area contributed by atoms with Crippen LogP contribution in [0.1, 0.15) is 0 Å². The van der Waals surface area contributed by atoms with Gasteiger partial charge in [0.05, 0.1) is 14.9 Å². The molecule has 1 saturated heterocycles. The molecule has 16 heavy (non-hydrogen) atoms. The third-order valence-electron chi connectivity index (χ3n) is 2.41. The van der Waals surface area contributed by atoms with Crippen LogP contribution in [-0.2, 0) is 10.0 Å². The van der Waals surface area contributed by atoms with Crippen LogP contribution < -0.4 is 5.73 Å². The fourth-order valence-electron chi connectivity index (χ4n) is 1.45. The summed E-state index contributed by atoms with van der Waals surface area (Å²) in [5.74, 6) is 0. The molecule has 7 heteroatoms. The van der Waals surface area contributed by atoms with Gasteiger partial charge in [-0.05, 0) is 18.2 Å². The van der Waals surface area contributed by atoms with Crippen molar-refractivity contribution in [2.24, 2.45) is 5.73 Å². The van der Waals surface area contributed by atoms with E-state index in [2.05, 4.69) is 0 Å². The molecule has 0 radical (unpaired) electrons. The molecule has 0 unspecified atom stereocenters. The Balaban J connectivity index is 2.33. The average Bonchev–Trinajstić information content (AvgIpc) is 2.17. The van der Waals surface area contributed by atoms with E-state index in [9.17, 15) is 8.42 Å². The number of rotatable bonds is 2. The van der Waals surface area contributed by atoms with Gasteiger partial charge in [-0.1, -0.05) is 23.2 Å². The predicted molar refractivity (Wildman–Crippen MR) is 63.2 cm³/mol. The molecule has 1 aliphatic heterocycles. The molecule has 2 rings (SSSR count). The molecule has 1 fully saturated rings. The third kappa shape index (κ3) is 2.06. The Morgan fingerprint density at radius 1 is 1.25 bits per heavy atom. The van der Waals surface area contributed by atoms with Crippen molar-refractivity contribution in [3.05, 3.63) is 28.2 Å². The summed E-state index contributed by atoms with van der Waals surface area (Å²) in [6, 6.07) is 4.19. The largest absolute Gasteiger partial charge is 0.325 e. The van der Waals surface area contributed by atoms with Gasteiger partial charge in [-0.3, -0.25) is 0 Å². The number of nitrogens with two attached hydrogens (primary N) is 1. The second-order valence-corrected chi connectivity index (χ2v) is 6.41. The van der Waals surface area contributed by atoms with Gasteiger partial charge in [0.2, 0.25) is 10.0 Å². The summed E-state index contributed by atoms with van der Waals surface area (Å²) >= 11 is 11.5. The zero-order chi connectivity index (χ0) is 11.9. The first-order valence-electron chi connectivity index (χ1n) is 4.62. The molecule has 1 aliphatic rings. The van der Waals surface area contributed by atoms with E-state index in [0.29, 0.717) is 18.1 Å². The molecule has 0 aromatic heterocycles. The zero-order valence-electron chi connectivity index (χ0n) is 8.23. The lowest BCUT2D eigenvalue weighted by atomic mass is 10.2. The summed E-state index contributed by atoms with van der Waals surface area (Å²) in [5.41, 5.74) is 5.54. The van der Waals surface area contributed by atoms with Crippen LogP contribution in [0.5, 0.6) is 0 Å². The van der Waals surface area contributed by atoms with E-state index >= 15 is 0 Å². The van der Waals surface area contributed by atoms with Gasteiger partial charge in [0.15, 0.2) is 0 Å². The van der Waals surface area contributed by atoms with Crippen LogP contribution in [0.2, 0.25) is 10.0 Å². The van der Waals surface area contributed by atoms with Crippen LogP contribution in [0, 0.1) is 0 Å². The maximum absolute atomic E-state index is 12.0. The number of halogens is 2. The van der Waals surface area contributed by atoms with E-state index in [-0.39, 0.29) is 16.0 Å². The lowest BCUT2D eigenvalue weighted by Crippen LogP contribution is -2.57. The van der Waals surface area contributed by atoms with Crippen LogP contribution in [0.3, 0.4) is 0 Å². The van der Waals surface area contributed by atoms with Gasteiger partial charge in [-0.25, -0.2) is 8.42 Å². The number of benzene rings is 1. The number of hydrogen-bond acceptors (Lipinski definition) is 3. The van der Waals surface area contributed by atoms with Crippen LogP contribution in [0.4, 0.5) is 0 Å². The molecule has 0 saturated carbocycles. The van der Waals surface area contributed by atoms with E-state index in [1.165, 1.54) is 22.5 Å². The van der Waals surface area contributed by atoms with Gasteiger partial charge in [-0.15, -0.1) is 0 Å². The van der Waals surface area contributed by atoms with Gasteiger partial charge in [0.25, 0.3) is 0 Å². The highest BCUT2D eigenvalue weighted by molar-refractivity contribution is 7.89. The number of nitrogens with zero attached hydrogens (tertiary/aromatic N) is 1. The molecular formula is C9H10Cl2N2O2S. The Kier molecular flexibility index (Phi) is 3.16. The fourth-order valence-corrected chi connectivity index (χ4v) is 3.40. The molecule has 2 N–H and O–H groups in total. The van der Waals surface area contributed by atoms with Crippen LogP contribution in [0.15, 0.2) is 23.1 Å². The van der Waals surface area contributed by atoms with E-state index in [0.717, 1.165) is 0 Å². The van der Waals surface area contributed by atoms with Crippen molar-refractivity contribution >= 4 is 33.2 Å². The maximum atomic E-state index is 12.0. The second kappa shape index (κ2) is 4.16. The summed E-state index contributed by atoms with van der Waals surface area (Å²) in [6.45, 7) is 0.700. The smallest absolute Gasteiger partial charge is 0.243 e. The van der Waals surface area contributed by atoms with Crippen molar-refractivity contribution in [3.63, 3.8) is 0 Å². The van der Waals surface area contributed by atoms with Crippen LogP contribution in [0.25, 0.3) is 0 Å². The average molecular weight is 281 g/mol.